The normalized spacial score (nSPS) is 19.6. The molecule has 1 aliphatic rings. The molecule has 0 spiro atoms. The molecule has 5 nitrogen and oxygen atoms in total. The average molecular weight is 285 g/mol. The van der Waals surface area contributed by atoms with Gasteiger partial charge in [-0.3, -0.25) is 4.79 Å². The van der Waals surface area contributed by atoms with Crippen LogP contribution in [0, 0.1) is 5.92 Å². The molecule has 0 radical (unpaired) electrons. The third-order valence-corrected chi connectivity index (χ3v) is 3.81. The third kappa shape index (κ3) is 6.20. The van der Waals surface area contributed by atoms with E-state index in [1.807, 2.05) is 13.8 Å². The molecular formula is C15H31N3O2. The van der Waals surface area contributed by atoms with Gasteiger partial charge >= 0.3 is 0 Å². The summed E-state index contributed by atoms with van der Waals surface area (Å²) in [5.41, 5.74) is 5.86. The van der Waals surface area contributed by atoms with E-state index in [0.717, 1.165) is 39.1 Å². The van der Waals surface area contributed by atoms with Crippen molar-refractivity contribution in [3.05, 3.63) is 0 Å². The highest BCUT2D eigenvalue weighted by Gasteiger charge is 2.24. The predicted molar refractivity (Wildman–Crippen MR) is 81.5 cm³/mol. The maximum atomic E-state index is 11.9. The largest absolute Gasteiger partial charge is 0.377 e. The number of likely N-dealkylation sites (tertiary alicyclic amines) is 1. The Morgan fingerprint density at radius 3 is 2.40 bits per heavy atom. The van der Waals surface area contributed by atoms with Crippen LogP contribution >= 0.6 is 0 Å². The number of rotatable bonds is 7. The fourth-order valence-electron chi connectivity index (χ4n) is 2.32. The Kier molecular flexibility index (Phi) is 7.48. The van der Waals surface area contributed by atoms with Gasteiger partial charge in [0, 0.05) is 25.7 Å². The molecule has 0 aliphatic carbocycles. The first-order valence-corrected chi connectivity index (χ1v) is 7.80. The molecule has 0 saturated carbocycles. The van der Waals surface area contributed by atoms with Gasteiger partial charge in [0.25, 0.3) is 0 Å². The van der Waals surface area contributed by atoms with Gasteiger partial charge in [0.1, 0.15) is 0 Å². The number of piperidine rings is 1. The number of nitrogens with one attached hydrogen (secondary N) is 1. The Hall–Kier alpha value is -0.650. The molecule has 20 heavy (non-hydrogen) atoms. The molecule has 1 atom stereocenters. The zero-order valence-corrected chi connectivity index (χ0v) is 13.4. The van der Waals surface area contributed by atoms with Gasteiger partial charge in [-0.15, -0.1) is 0 Å². The van der Waals surface area contributed by atoms with Gasteiger partial charge in [-0.25, -0.2) is 0 Å². The van der Waals surface area contributed by atoms with Gasteiger partial charge in [-0.05, 0) is 32.6 Å². The highest BCUT2D eigenvalue weighted by Crippen LogP contribution is 2.11. The van der Waals surface area contributed by atoms with Gasteiger partial charge in [-0.1, -0.05) is 13.8 Å². The van der Waals surface area contributed by atoms with Crippen LogP contribution in [0.2, 0.25) is 0 Å². The van der Waals surface area contributed by atoms with Crippen molar-refractivity contribution in [3.63, 3.8) is 0 Å². The standard InChI is InChI=1S/C15H31N3O2/c1-11(2)14(16)15(19)17-13-5-7-18(8-6-13)9-10-20-12(3)4/h11-14H,5-10,16H2,1-4H3,(H,17,19)/t14-/m0/s1. The quantitative estimate of drug-likeness (QED) is 0.731. The second kappa shape index (κ2) is 8.60. The van der Waals surface area contributed by atoms with Crippen molar-refractivity contribution in [1.82, 2.24) is 10.2 Å². The Morgan fingerprint density at radius 1 is 1.30 bits per heavy atom. The Labute approximate surface area is 123 Å². The van der Waals surface area contributed by atoms with E-state index < -0.39 is 6.04 Å². The van der Waals surface area contributed by atoms with Gasteiger partial charge < -0.3 is 20.7 Å². The first-order valence-electron chi connectivity index (χ1n) is 7.80. The van der Waals surface area contributed by atoms with Crippen molar-refractivity contribution in [1.29, 1.82) is 0 Å². The van der Waals surface area contributed by atoms with Crippen molar-refractivity contribution >= 4 is 5.91 Å². The van der Waals surface area contributed by atoms with Crippen molar-refractivity contribution in [3.8, 4) is 0 Å². The molecule has 0 unspecified atom stereocenters. The van der Waals surface area contributed by atoms with E-state index in [1.54, 1.807) is 0 Å². The highest BCUT2D eigenvalue weighted by molar-refractivity contribution is 5.82. The number of carbonyl (C=O) groups is 1. The number of hydrogen-bond donors (Lipinski definition) is 2. The molecule has 3 N–H and O–H groups in total. The molecule has 5 heteroatoms. The van der Waals surface area contributed by atoms with Gasteiger partial charge in [0.05, 0.1) is 18.8 Å². The van der Waals surface area contributed by atoms with E-state index in [4.69, 9.17) is 10.5 Å². The van der Waals surface area contributed by atoms with Gasteiger partial charge in [-0.2, -0.15) is 0 Å². The summed E-state index contributed by atoms with van der Waals surface area (Å²) in [4.78, 5) is 14.3. The van der Waals surface area contributed by atoms with E-state index in [9.17, 15) is 4.79 Å². The van der Waals surface area contributed by atoms with Crippen molar-refractivity contribution in [2.75, 3.05) is 26.2 Å². The number of carbonyl (C=O) groups excluding carboxylic acids is 1. The number of nitrogens with two attached hydrogens (primary N) is 1. The lowest BCUT2D eigenvalue weighted by Crippen LogP contribution is -2.51. The third-order valence-electron chi connectivity index (χ3n) is 3.81. The zero-order valence-electron chi connectivity index (χ0n) is 13.4. The molecule has 1 amide bonds. The maximum absolute atomic E-state index is 11.9. The predicted octanol–water partition coefficient (Wildman–Crippen LogP) is 0.975. The molecule has 1 rings (SSSR count). The molecular weight excluding hydrogens is 254 g/mol. The topological polar surface area (TPSA) is 67.6 Å². The Balaban J connectivity index is 2.20. The van der Waals surface area contributed by atoms with Crippen LogP contribution in [-0.4, -0.2) is 55.2 Å². The summed E-state index contributed by atoms with van der Waals surface area (Å²) >= 11 is 0. The summed E-state index contributed by atoms with van der Waals surface area (Å²) in [6.45, 7) is 11.9. The smallest absolute Gasteiger partial charge is 0.237 e. The molecule has 1 fully saturated rings. The Bertz CT molecular complexity index is 287. The minimum Gasteiger partial charge on any atom is -0.377 e. The number of amides is 1. The van der Waals surface area contributed by atoms with E-state index >= 15 is 0 Å². The lowest BCUT2D eigenvalue weighted by molar-refractivity contribution is -0.124. The van der Waals surface area contributed by atoms with Crippen LogP contribution in [-0.2, 0) is 9.53 Å². The number of hydrogen-bond acceptors (Lipinski definition) is 4. The minimum absolute atomic E-state index is 0.0124. The first kappa shape index (κ1) is 17.4. The number of ether oxygens (including phenoxy) is 1. The molecule has 0 aromatic carbocycles. The van der Waals surface area contributed by atoms with Crippen molar-refractivity contribution < 1.29 is 9.53 Å². The average Bonchev–Trinajstić information content (AvgIpc) is 2.39. The van der Waals surface area contributed by atoms with Crippen LogP contribution < -0.4 is 11.1 Å². The van der Waals surface area contributed by atoms with Crippen LogP contribution in [0.25, 0.3) is 0 Å². The van der Waals surface area contributed by atoms with Crippen LogP contribution in [0.4, 0.5) is 0 Å². The lowest BCUT2D eigenvalue weighted by Gasteiger charge is -2.33. The minimum atomic E-state index is -0.396. The summed E-state index contributed by atoms with van der Waals surface area (Å²) < 4.78 is 5.57. The van der Waals surface area contributed by atoms with Gasteiger partial charge in [0.15, 0.2) is 0 Å². The molecule has 1 heterocycles. The van der Waals surface area contributed by atoms with Gasteiger partial charge in [0.2, 0.25) is 5.91 Å². The molecule has 118 valence electrons. The fourth-order valence-corrected chi connectivity index (χ4v) is 2.32. The zero-order chi connectivity index (χ0) is 15.1. The molecule has 0 aromatic heterocycles. The molecule has 1 saturated heterocycles. The van der Waals surface area contributed by atoms with E-state index in [2.05, 4.69) is 24.1 Å². The summed E-state index contributed by atoms with van der Waals surface area (Å²) in [5.74, 6) is 0.171. The highest BCUT2D eigenvalue weighted by atomic mass is 16.5. The summed E-state index contributed by atoms with van der Waals surface area (Å²) in [5, 5.41) is 3.07. The van der Waals surface area contributed by atoms with E-state index in [0.29, 0.717) is 6.10 Å². The summed E-state index contributed by atoms with van der Waals surface area (Å²) in [6.07, 6.45) is 2.29. The first-order chi connectivity index (χ1) is 9.40. The number of nitrogens with zero attached hydrogens (tertiary/aromatic N) is 1. The van der Waals surface area contributed by atoms with E-state index in [-0.39, 0.29) is 17.9 Å². The molecule has 0 bridgehead atoms. The van der Waals surface area contributed by atoms with Crippen LogP contribution in [0.1, 0.15) is 40.5 Å². The van der Waals surface area contributed by atoms with Crippen LogP contribution in [0.5, 0.6) is 0 Å². The summed E-state index contributed by atoms with van der Waals surface area (Å²) in [7, 11) is 0. The summed E-state index contributed by atoms with van der Waals surface area (Å²) in [6, 6.07) is -0.123. The van der Waals surface area contributed by atoms with Crippen molar-refractivity contribution in [2.45, 2.75) is 58.7 Å². The second-order valence-electron chi connectivity index (χ2n) is 6.31. The van der Waals surface area contributed by atoms with Crippen LogP contribution in [0.15, 0.2) is 0 Å². The molecule has 0 aromatic rings. The van der Waals surface area contributed by atoms with Crippen molar-refractivity contribution in [2.24, 2.45) is 11.7 Å². The SMILES string of the molecule is CC(C)OCCN1CCC(NC(=O)[C@@H](N)C(C)C)CC1. The fraction of sp³-hybridized carbons (Fsp3) is 0.933. The lowest BCUT2D eigenvalue weighted by atomic mass is 10.0. The Morgan fingerprint density at radius 2 is 1.90 bits per heavy atom. The van der Waals surface area contributed by atoms with E-state index in [1.165, 1.54) is 0 Å². The molecule has 1 aliphatic heterocycles. The van der Waals surface area contributed by atoms with Crippen LogP contribution in [0.3, 0.4) is 0 Å². The maximum Gasteiger partial charge on any atom is 0.237 e. The monoisotopic (exact) mass is 285 g/mol. The second-order valence-corrected chi connectivity index (χ2v) is 6.31.